The van der Waals surface area contributed by atoms with Crippen LogP contribution in [-0.4, -0.2) is 0 Å². The van der Waals surface area contributed by atoms with Gasteiger partial charge in [-0.25, -0.2) is 0 Å². The molecule has 2 rings (SSSR count). The third-order valence-electron chi connectivity index (χ3n) is 2.80. The predicted octanol–water partition coefficient (Wildman–Crippen LogP) is 5.09. The highest BCUT2D eigenvalue weighted by Crippen LogP contribution is 2.38. The van der Waals surface area contributed by atoms with Crippen LogP contribution in [0.2, 0.25) is 0 Å². The molecule has 0 saturated heterocycles. The number of hydrogen-bond donors (Lipinski definition) is 0. The number of halogens is 3. The molecule has 1 nitrogen and oxygen atoms in total. The number of alkyl halides is 3. The van der Waals surface area contributed by atoms with E-state index in [0.29, 0.717) is 5.56 Å². The number of rotatable bonds is 2. The zero-order valence-electron chi connectivity index (χ0n) is 10.1. The van der Waals surface area contributed by atoms with Gasteiger partial charge < -0.3 is 4.42 Å². The fourth-order valence-electron chi connectivity index (χ4n) is 1.80. The van der Waals surface area contributed by atoms with Gasteiger partial charge in [-0.2, -0.15) is 13.2 Å². The maximum Gasteiger partial charge on any atom is 0.417 e. The molecular formula is C14H13F3O. The van der Waals surface area contributed by atoms with E-state index >= 15 is 0 Å². The van der Waals surface area contributed by atoms with Gasteiger partial charge in [-0.15, -0.1) is 0 Å². The van der Waals surface area contributed by atoms with Crippen LogP contribution >= 0.6 is 0 Å². The highest BCUT2D eigenvalue weighted by atomic mass is 19.4. The van der Waals surface area contributed by atoms with Crippen molar-refractivity contribution in [3.05, 3.63) is 47.7 Å². The van der Waals surface area contributed by atoms with Gasteiger partial charge in [-0.1, -0.05) is 26.0 Å². The summed E-state index contributed by atoms with van der Waals surface area (Å²) >= 11 is 0. The van der Waals surface area contributed by atoms with Gasteiger partial charge in [0.15, 0.2) is 0 Å². The van der Waals surface area contributed by atoms with E-state index in [2.05, 4.69) is 0 Å². The van der Waals surface area contributed by atoms with E-state index in [-0.39, 0.29) is 17.2 Å². The first-order chi connectivity index (χ1) is 8.39. The van der Waals surface area contributed by atoms with Gasteiger partial charge in [0, 0.05) is 5.56 Å². The van der Waals surface area contributed by atoms with Gasteiger partial charge in [0.25, 0.3) is 0 Å². The quantitative estimate of drug-likeness (QED) is 0.727. The Bertz CT molecular complexity index is 524. The molecule has 0 amide bonds. The largest absolute Gasteiger partial charge is 0.464 e. The highest BCUT2D eigenvalue weighted by molar-refractivity contribution is 5.63. The monoisotopic (exact) mass is 254 g/mol. The van der Waals surface area contributed by atoms with Gasteiger partial charge in [0.1, 0.15) is 5.76 Å². The Balaban J connectivity index is 2.60. The molecule has 0 saturated carbocycles. The molecule has 0 atom stereocenters. The Morgan fingerprint density at radius 2 is 1.83 bits per heavy atom. The molecule has 0 spiro atoms. The molecule has 18 heavy (non-hydrogen) atoms. The standard InChI is InChI=1S/C14H13F3O/c1-9(2)10-5-6-11(13-4-3-7-18-13)12(8-10)14(15,16)17/h3-9H,1-2H3. The SMILES string of the molecule is CC(C)c1ccc(-c2ccco2)c(C(F)(F)F)c1. The predicted molar refractivity (Wildman–Crippen MR) is 63.2 cm³/mol. The first-order valence-electron chi connectivity index (χ1n) is 5.64. The Morgan fingerprint density at radius 3 is 2.33 bits per heavy atom. The zero-order chi connectivity index (χ0) is 13.3. The molecule has 0 bridgehead atoms. The summed E-state index contributed by atoms with van der Waals surface area (Å²) in [5, 5.41) is 0. The lowest BCUT2D eigenvalue weighted by molar-refractivity contribution is -0.137. The van der Waals surface area contributed by atoms with Crippen molar-refractivity contribution in [3.63, 3.8) is 0 Å². The van der Waals surface area contributed by atoms with Crippen molar-refractivity contribution in [2.45, 2.75) is 25.9 Å². The van der Waals surface area contributed by atoms with E-state index in [0.717, 1.165) is 0 Å². The van der Waals surface area contributed by atoms with Crippen molar-refractivity contribution in [1.82, 2.24) is 0 Å². The summed E-state index contributed by atoms with van der Waals surface area (Å²) in [4.78, 5) is 0. The second-order valence-electron chi connectivity index (χ2n) is 4.43. The average Bonchev–Trinajstić information content (AvgIpc) is 2.80. The summed E-state index contributed by atoms with van der Waals surface area (Å²) in [6, 6.07) is 7.47. The Morgan fingerprint density at radius 1 is 1.11 bits per heavy atom. The van der Waals surface area contributed by atoms with E-state index < -0.39 is 11.7 Å². The Kier molecular flexibility index (Phi) is 3.20. The average molecular weight is 254 g/mol. The second-order valence-corrected chi connectivity index (χ2v) is 4.43. The molecule has 4 heteroatoms. The topological polar surface area (TPSA) is 13.1 Å². The molecule has 0 aliphatic carbocycles. The summed E-state index contributed by atoms with van der Waals surface area (Å²) < 4.78 is 44.2. The molecule has 0 N–H and O–H groups in total. The number of furan rings is 1. The molecule has 0 aliphatic heterocycles. The van der Waals surface area contributed by atoms with Crippen LogP contribution < -0.4 is 0 Å². The van der Waals surface area contributed by atoms with Crippen molar-refractivity contribution < 1.29 is 17.6 Å². The van der Waals surface area contributed by atoms with Gasteiger partial charge in [-0.3, -0.25) is 0 Å². The van der Waals surface area contributed by atoms with E-state index in [1.165, 1.54) is 24.5 Å². The van der Waals surface area contributed by atoms with Crippen LogP contribution in [0, 0.1) is 0 Å². The summed E-state index contributed by atoms with van der Waals surface area (Å²) in [5.74, 6) is 0.286. The molecule has 0 aliphatic rings. The van der Waals surface area contributed by atoms with Gasteiger partial charge in [-0.05, 0) is 29.7 Å². The Hall–Kier alpha value is -1.71. The molecule has 0 radical (unpaired) electrons. The molecule has 1 aromatic heterocycles. The third kappa shape index (κ3) is 2.42. The summed E-state index contributed by atoms with van der Waals surface area (Å²) in [5.41, 5.74) is 0.0955. The smallest absolute Gasteiger partial charge is 0.417 e. The van der Waals surface area contributed by atoms with E-state index in [1.54, 1.807) is 12.1 Å². The lowest BCUT2D eigenvalue weighted by Gasteiger charge is -2.14. The van der Waals surface area contributed by atoms with Crippen LogP contribution in [0.25, 0.3) is 11.3 Å². The normalized spacial score (nSPS) is 12.1. The Labute approximate surface area is 103 Å². The van der Waals surface area contributed by atoms with E-state index in [4.69, 9.17) is 4.42 Å². The van der Waals surface area contributed by atoms with Crippen molar-refractivity contribution in [3.8, 4) is 11.3 Å². The van der Waals surface area contributed by atoms with Crippen molar-refractivity contribution in [2.24, 2.45) is 0 Å². The fraction of sp³-hybridized carbons (Fsp3) is 0.286. The molecule has 0 unspecified atom stereocenters. The zero-order valence-corrected chi connectivity index (χ0v) is 10.1. The van der Waals surface area contributed by atoms with Crippen LogP contribution in [0.5, 0.6) is 0 Å². The molecule has 0 fully saturated rings. The number of benzene rings is 1. The van der Waals surface area contributed by atoms with Crippen molar-refractivity contribution in [2.75, 3.05) is 0 Å². The molecule has 96 valence electrons. The first-order valence-corrected chi connectivity index (χ1v) is 5.64. The minimum Gasteiger partial charge on any atom is -0.464 e. The molecular weight excluding hydrogens is 241 g/mol. The van der Waals surface area contributed by atoms with Gasteiger partial charge in [0.2, 0.25) is 0 Å². The fourth-order valence-corrected chi connectivity index (χ4v) is 1.80. The summed E-state index contributed by atoms with van der Waals surface area (Å²) in [6.45, 7) is 3.73. The maximum atomic E-state index is 13.0. The third-order valence-corrected chi connectivity index (χ3v) is 2.80. The van der Waals surface area contributed by atoms with Crippen LogP contribution in [-0.2, 0) is 6.18 Å². The van der Waals surface area contributed by atoms with Crippen molar-refractivity contribution >= 4 is 0 Å². The highest BCUT2D eigenvalue weighted by Gasteiger charge is 2.34. The molecule has 1 aromatic carbocycles. The van der Waals surface area contributed by atoms with Crippen LogP contribution in [0.15, 0.2) is 41.0 Å². The minimum atomic E-state index is -4.38. The van der Waals surface area contributed by atoms with Gasteiger partial charge in [0.05, 0.1) is 11.8 Å². The van der Waals surface area contributed by atoms with Gasteiger partial charge >= 0.3 is 6.18 Å². The van der Waals surface area contributed by atoms with Crippen molar-refractivity contribution in [1.29, 1.82) is 0 Å². The summed E-state index contributed by atoms with van der Waals surface area (Å²) in [6.07, 6.45) is -3.02. The van der Waals surface area contributed by atoms with Crippen LogP contribution in [0.1, 0.15) is 30.9 Å². The molecule has 2 aromatic rings. The van der Waals surface area contributed by atoms with E-state index in [1.807, 2.05) is 13.8 Å². The number of hydrogen-bond acceptors (Lipinski definition) is 1. The summed E-state index contributed by atoms with van der Waals surface area (Å²) in [7, 11) is 0. The second kappa shape index (κ2) is 4.52. The minimum absolute atomic E-state index is 0.0525. The molecule has 1 heterocycles. The lowest BCUT2D eigenvalue weighted by Crippen LogP contribution is -2.08. The first kappa shape index (κ1) is 12.7. The van der Waals surface area contributed by atoms with Crippen LogP contribution in [0.4, 0.5) is 13.2 Å². The van der Waals surface area contributed by atoms with E-state index in [9.17, 15) is 13.2 Å². The van der Waals surface area contributed by atoms with Crippen LogP contribution in [0.3, 0.4) is 0 Å². The lowest BCUT2D eigenvalue weighted by atomic mass is 9.96. The maximum absolute atomic E-state index is 13.0.